The second-order valence-electron chi connectivity index (χ2n) is 6.72. The molecule has 4 nitrogen and oxygen atoms in total. The Bertz CT molecular complexity index is 903. The molecule has 1 aliphatic heterocycles. The zero-order valence-electron chi connectivity index (χ0n) is 14.2. The van der Waals surface area contributed by atoms with Crippen molar-refractivity contribution >= 4 is 17.0 Å². The number of hydrogen-bond donors (Lipinski definition) is 0. The molecule has 1 aliphatic rings. The topological polar surface area (TPSA) is 33.4 Å². The van der Waals surface area contributed by atoms with Gasteiger partial charge in [-0.25, -0.2) is 13.8 Å². The molecule has 0 saturated heterocycles. The number of halogens is 2. The maximum absolute atomic E-state index is 13.4. The molecule has 0 N–H and O–H groups in total. The molecule has 0 amide bonds. The fourth-order valence-electron chi connectivity index (χ4n) is 3.62. The van der Waals surface area contributed by atoms with E-state index in [1.54, 1.807) is 18.5 Å². The van der Waals surface area contributed by atoms with Crippen LogP contribution in [0.5, 0.6) is 0 Å². The van der Waals surface area contributed by atoms with Crippen molar-refractivity contribution in [2.45, 2.75) is 38.5 Å². The molecule has 0 spiro atoms. The molecule has 0 bridgehead atoms. The third-order valence-electron chi connectivity index (χ3n) is 4.82. The maximum atomic E-state index is 13.4. The zero-order valence-corrected chi connectivity index (χ0v) is 14.2. The van der Waals surface area contributed by atoms with Gasteiger partial charge in [-0.3, -0.25) is 9.38 Å². The molecule has 1 atom stereocenters. The molecular formula is C19H20F2N4. The molecule has 130 valence electrons. The minimum atomic E-state index is -2.35. The van der Waals surface area contributed by atoms with Crippen LogP contribution in [0.2, 0.25) is 0 Å². The highest BCUT2D eigenvalue weighted by molar-refractivity contribution is 5.78. The molecule has 1 aromatic carbocycles. The number of rotatable bonds is 3. The first-order valence-corrected chi connectivity index (χ1v) is 8.54. The number of fused-ring (bicyclic) bond motifs is 2. The number of benzene rings is 1. The summed E-state index contributed by atoms with van der Waals surface area (Å²) in [5.41, 5.74) is 2.41. The van der Waals surface area contributed by atoms with Crippen molar-refractivity contribution in [2.75, 3.05) is 11.4 Å². The summed E-state index contributed by atoms with van der Waals surface area (Å²) in [5.74, 6) is 1.26. The SMILES string of the molecule is CC(C)c1nc(N2CCC(C(F)F)c3ccccc32)c2cnccn12. The van der Waals surface area contributed by atoms with Gasteiger partial charge in [0.05, 0.1) is 6.20 Å². The fourth-order valence-corrected chi connectivity index (χ4v) is 3.62. The summed E-state index contributed by atoms with van der Waals surface area (Å²) in [6.45, 7) is 4.71. The van der Waals surface area contributed by atoms with Gasteiger partial charge in [0, 0.05) is 36.5 Å². The molecule has 0 saturated carbocycles. The third-order valence-corrected chi connectivity index (χ3v) is 4.82. The van der Waals surface area contributed by atoms with Gasteiger partial charge in [-0.2, -0.15) is 0 Å². The Labute approximate surface area is 145 Å². The molecule has 0 radical (unpaired) electrons. The van der Waals surface area contributed by atoms with E-state index < -0.39 is 12.3 Å². The second kappa shape index (κ2) is 6.10. The summed E-state index contributed by atoms with van der Waals surface area (Å²) in [4.78, 5) is 11.1. The van der Waals surface area contributed by atoms with Crippen molar-refractivity contribution in [1.29, 1.82) is 0 Å². The van der Waals surface area contributed by atoms with Gasteiger partial charge in [-0.05, 0) is 18.1 Å². The number of alkyl halides is 2. The Morgan fingerprint density at radius 2 is 2.00 bits per heavy atom. The van der Waals surface area contributed by atoms with Gasteiger partial charge in [-0.15, -0.1) is 0 Å². The molecule has 6 heteroatoms. The molecule has 3 heterocycles. The Balaban J connectivity index is 1.88. The first-order chi connectivity index (χ1) is 12.1. The number of nitrogens with zero attached hydrogens (tertiary/aromatic N) is 4. The van der Waals surface area contributed by atoms with Crippen LogP contribution in [-0.4, -0.2) is 27.3 Å². The summed E-state index contributed by atoms with van der Waals surface area (Å²) in [7, 11) is 0. The average Bonchev–Trinajstić information content (AvgIpc) is 3.00. The van der Waals surface area contributed by atoms with Gasteiger partial charge in [0.2, 0.25) is 6.43 Å². The zero-order chi connectivity index (χ0) is 17.6. The molecule has 2 aromatic heterocycles. The Morgan fingerprint density at radius 1 is 1.20 bits per heavy atom. The van der Waals surface area contributed by atoms with Gasteiger partial charge >= 0.3 is 0 Å². The van der Waals surface area contributed by atoms with Crippen LogP contribution in [0.3, 0.4) is 0 Å². The predicted octanol–water partition coefficient (Wildman–Crippen LogP) is 4.74. The van der Waals surface area contributed by atoms with Gasteiger partial charge in [0.15, 0.2) is 5.82 Å². The van der Waals surface area contributed by atoms with Gasteiger partial charge < -0.3 is 4.90 Å². The van der Waals surface area contributed by atoms with E-state index in [1.165, 1.54) is 0 Å². The van der Waals surface area contributed by atoms with Crippen LogP contribution in [-0.2, 0) is 0 Å². The molecule has 0 fully saturated rings. The van der Waals surface area contributed by atoms with E-state index in [2.05, 4.69) is 23.7 Å². The van der Waals surface area contributed by atoms with Crippen molar-refractivity contribution in [2.24, 2.45) is 0 Å². The fraction of sp³-hybridized carbons (Fsp3) is 0.368. The van der Waals surface area contributed by atoms with Crippen LogP contribution in [0.25, 0.3) is 5.52 Å². The monoisotopic (exact) mass is 342 g/mol. The predicted molar refractivity (Wildman–Crippen MR) is 93.9 cm³/mol. The largest absolute Gasteiger partial charge is 0.324 e. The lowest BCUT2D eigenvalue weighted by Gasteiger charge is -2.34. The summed E-state index contributed by atoms with van der Waals surface area (Å²) in [6.07, 6.45) is 3.48. The van der Waals surface area contributed by atoms with E-state index in [0.29, 0.717) is 18.5 Å². The van der Waals surface area contributed by atoms with Crippen LogP contribution < -0.4 is 4.90 Å². The van der Waals surface area contributed by atoms with E-state index >= 15 is 0 Å². The lowest BCUT2D eigenvalue weighted by Crippen LogP contribution is -2.30. The summed E-state index contributed by atoms with van der Waals surface area (Å²) in [6, 6.07) is 7.42. The second-order valence-corrected chi connectivity index (χ2v) is 6.72. The van der Waals surface area contributed by atoms with E-state index in [-0.39, 0.29) is 5.92 Å². The van der Waals surface area contributed by atoms with Crippen molar-refractivity contribution in [1.82, 2.24) is 14.4 Å². The Hall–Kier alpha value is -2.50. The van der Waals surface area contributed by atoms with Crippen LogP contribution in [0.1, 0.15) is 43.5 Å². The van der Waals surface area contributed by atoms with Crippen molar-refractivity contribution in [3.63, 3.8) is 0 Å². The normalized spacial score (nSPS) is 17.5. The summed E-state index contributed by atoms with van der Waals surface area (Å²) in [5, 5.41) is 0. The number of para-hydroxylation sites is 1. The minimum absolute atomic E-state index is 0.248. The molecular weight excluding hydrogens is 322 g/mol. The van der Waals surface area contributed by atoms with Crippen LogP contribution in [0.4, 0.5) is 20.3 Å². The first kappa shape index (κ1) is 16.0. The summed E-state index contributed by atoms with van der Waals surface area (Å²) >= 11 is 0. The molecule has 3 aromatic rings. The quantitative estimate of drug-likeness (QED) is 0.689. The lowest BCUT2D eigenvalue weighted by atomic mass is 9.90. The summed E-state index contributed by atoms with van der Waals surface area (Å²) < 4.78 is 28.9. The van der Waals surface area contributed by atoms with Crippen LogP contribution in [0, 0.1) is 0 Å². The van der Waals surface area contributed by atoms with Crippen LogP contribution in [0.15, 0.2) is 42.9 Å². The molecule has 1 unspecified atom stereocenters. The van der Waals surface area contributed by atoms with Crippen LogP contribution >= 0.6 is 0 Å². The number of hydrogen-bond acceptors (Lipinski definition) is 3. The number of anilines is 2. The van der Waals surface area contributed by atoms with Gasteiger partial charge in [-0.1, -0.05) is 32.0 Å². The highest BCUT2D eigenvalue weighted by Crippen LogP contribution is 2.42. The smallest absolute Gasteiger partial charge is 0.245 e. The van der Waals surface area contributed by atoms with E-state index in [9.17, 15) is 8.78 Å². The third kappa shape index (κ3) is 2.56. The van der Waals surface area contributed by atoms with Crippen molar-refractivity contribution in [3.8, 4) is 0 Å². The molecule has 25 heavy (non-hydrogen) atoms. The minimum Gasteiger partial charge on any atom is -0.324 e. The van der Waals surface area contributed by atoms with Gasteiger partial charge in [0.1, 0.15) is 11.3 Å². The lowest BCUT2D eigenvalue weighted by molar-refractivity contribution is 0.109. The average molecular weight is 342 g/mol. The highest BCUT2D eigenvalue weighted by Gasteiger charge is 2.33. The van der Waals surface area contributed by atoms with Crippen molar-refractivity contribution in [3.05, 3.63) is 54.2 Å². The highest BCUT2D eigenvalue weighted by atomic mass is 19.3. The maximum Gasteiger partial charge on any atom is 0.245 e. The standard InChI is InChI=1S/C19H20F2N4/c1-12(2)18-23-19(16-11-22-8-10-25(16)18)24-9-7-14(17(20)21)13-5-3-4-6-15(13)24/h3-6,8,10-12,14,17H,7,9H2,1-2H3. The van der Waals surface area contributed by atoms with E-state index in [4.69, 9.17) is 4.98 Å². The van der Waals surface area contributed by atoms with Gasteiger partial charge in [0.25, 0.3) is 0 Å². The Morgan fingerprint density at radius 3 is 2.76 bits per heavy atom. The van der Waals surface area contributed by atoms with E-state index in [0.717, 1.165) is 22.8 Å². The molecule has 4 rings (SSSR count). The molecule has 0 aliphatic carbocycles. The first-order valence-electron chi connectivity index (χ1n) is 8.54. The number of aromatic nitrogens is 3. The van der Waals surface area contributed by atoms with E-state index in [1.807, 2.05) is 28.8 Å². The Kier molecular flexibility index (Phi) is 3.90. The number of imidazole rings is 1. The van der Waals surface area contributed by atoms with Crippen molar-refractivity contribution < 1.29 is 8.78 Å².